The first-order chi connectivity index (χ1) is 11.3. The van der Waals surface area contributed by atoms with Crippen LogP contribution in [0.4, 0.5) is 0 Å². The topological polar surface area (TPSA) is 41.6 Å². The summed E-state index contributed by atoms with van der Waals surface area (Å²) in [5, 5.41) is 3.99. The summed E-state index contributed by atoms with van der Waals surface area (Å²) in [6.45, 7) is 1.19. The van der Waals surface area contributed by atoms with Crippen molar-refractivity contribution in [3.8, 4) is 0 Å². The maximum Gasteiger partial charge on any atom is 0.331 e. The molecule has 5 rings (SSSR count). The van der Waals surface area contributed by atoms with Gasteiger partial charge in [0.05, 0.1) is 12.1 Å². The van der Waals surface area contributed by atoms with Crippen LogP contribution in [-0.2, 0) is 9.53 Å². The van der Waals surface area contributed by atoms with Crippen LogP contribution in [0, 0.1) is 0 Å². The van der Waals surface area contributed by atoms with Gasteiger partial charge in [-0.2, -0.15) is 0 Å². The number of esters is 1. The Morgan fingerprint density at radius 3 is 2.70 bits per heavy atom. The highest BCUT2D eigenvalue weighted by molar-refractivity contribution is 5.88. The van der Waals surface area contributed by atoms with Crippen molar-refractivity contribution in [3.05, 3.63) is 11.6 Å². The number of piperidine rings is 1. The first kappa shape index (κ1) is 14.5. The Morgan fingerprint density at radius 1 is 1.09 bits per heavy atom. The van der Waals surface area contributed by atoms with Crippen molar-refractivity contribution in [1.29, 1.82) is 0 Å². The Hall–Kier alpha value is -0.870. The molecule has 4 heteroatoms. The van der Waals surface area contributed by atoms with Crippen molar-refractivity contribution in [2.75, 3.05) is 6.54 Å². The largest absolute Gasteiger partial charge is 0.448 e. The van der Waals surface area contributed by atoms with Gasteiger partial charge in [-0.05, 0) is 44.2 Å². The summed E-state index contributed by atoms with van der Waals surface area (Å²) in [4.78, 5) is 14.6. The van der Waals surface area contributed by atoms with E-state index in [1.807, 2.05) is 6.08 Å². The lowest BCUT2D eigenvalue weighted by molar-refractivity contribution is -0.205. The average Bonchev–Trinajstić information content (AvgIpc) is 2.84. The maximum atomic E-state index is 11.9. The number of nitrogens with one attached hydrogen (secondary N) is 1. The fraction of sp³-hybridized carbons (Fsp3) is 0.842. The molecule has 4 atom stereocenters. The van der Waals surface area contributed by atoms with Gasteiger partial charge in [-0.25, -0.2) is 4.79 Å². The summed E-state index contributed by atoms with van der Waals surface area (Å²) in [6.07, 6.45) is 14.8. The highest BCUT2D eigenvalue weighted by Crippen LogP contribution is 2.58. The Balaban J connectivity index is 1.39. The zero-order chi connectivity index (χ0) is 15.4. The van der Waals surface area contributed by atoms with Gasteiger partial charge in [0, 0.05) is 18.2 Å². The molecule has 1 N–H and O–H groups in total. The Kier molecular flexibility index (Phi) is 3.35. The smallest absolute Gasteiger partial charge is 0.331 e. The highest BCUT2D eigenvalue weighted by Gasteiger charge is 2.72. The lowest BCUT2D eigenvalue weighted by Gasteiger charge is -2.62. The Bertz CT molecular complexity index is 537. The quantitative estimate of drug-likeness (QED) is 0.628. The number of rotatable bonds is 2. The molecule has 3 heterocycles. The molecule has 4 fully saturated rings. The van der Waals surface area contributed by atoms with E-state index in [-0.39, 0.29) is 11.6 Å². The summed E-state index contributed by atoms with van der Waals surface area (Å²) >= 11 is 0. The molecule has 1 spiro atoms. The van der Waals surface area contributed by atoms with Crippen LogP contribution >= 0.6 is 0 Å². The fourth-order valence-electron chi connectivity index (χ4n) is 6.15. The first-order valence-corrected chi connectivity index (χ1v) is 9.75. The van der Waals surface area contributed by atoms with Crippen molar-refractivity contribution in [1.82, 2.24) is 10.2 Å². The van der Waals surface area contributed by atoms with Gasteiger partial charge in [-0.3, -0.25) is 4.90 Å². The molecule has 3 aliphatic heterocycles. The lowest BCUT2D eigenvalue weighted by Crippen LogP contribution is -2.79. The number of carbonyl (C=O) groups excluding carboxylic acids is 1. The monoisotopic (exact) mass is 316 g/mol. The summed E-state index contributed by atoms with van der Waals surface area (Å²) in [6, 6.07) is 2.00. The van der Waals surface area contributed by atoms with Gasteiger partial charge >= 0.3 is 5.97 Å². The van der Waals surface area contributed by atoms with Crippen LogP contribution in [-0.4, -0.2) is 47.2 Å². The summed E-state index contributed by atoms with van der Waals surface area (Å²) < 4.78 is 5.97. The molecule has 0 bridgehead atoms. The molecule has 5 aliphatic rings. The van der Waals surface area contributed by atoms with Gasteiger partial charge in [0.15, 0.2) is 5.60 Å². The van der Waals surface area contributed by atoms with E-state index in [0.717, 1.165) is 6.42 Å². The number of hydrogen-bond donors (Lipinski definition) is 1. The number of ether oxygens (including phenoxy) is 1. The molecule has 2 aliphatic carbocycles. The van der Waals surface area contributed by atoms with Gasteiger partial charge in [0.1, 0.15) is 0 Å². The number of nitrogens with zero attached hydrogens (tertiary/aromatic N) is 1. The molecular weight excluding hydrogens is 288 g/mol. The minimum Gasteiger partial charge on any atom is -0.448 e. The summed E-state index contributed by atoms with van der Waals surface area (Å²) in [5.74, 6) is -0.0943. The van der Waals surface area contributed by atoms with Gasteiger partial charge in [-0.15, -0.1) is 0 Å². The van der Waals surface area contributed by atoms with E-state index in [4.69, 9.17) is 4.74 Å². The minimum atomic E-state index is -0.250. The molecule has 0 radical (unpaired) electrons. The molecule has 4 nitrogen and oxygen atoms in total. The molecule has 0 aromatic carbocycles. The molecule has 0 aromatic rings. The molecule has 2 unspecified atom stereocenters. The lowest BCUT2D eigenvalue weighted by atomic mass is 9.70. The predicted octanol–water partition coefficient (Wildman–Crippen LogP) is 2.53. The van der Waals surface area contributed by atoms with Crippen LogP contribution in [0.5, 0.6) is 0 Å². The van der Waals surface area contributed by atoms with E-state index in [1.165, 1.54) is 69.9 Å². The molecule has 0 amide bonds. The minimum absolute atomic E-state index is 0.0943. The van der Waals surface area contributed by atoms with Crippen LogP contribution in [0.25, 0.3) is 0 Å². The summed E-state index contributed by atoms with van der Waals surface area (Å²) in [5.41, 5.74) is 1.04. The molecule has 2 saturated carbocycles. The predicted molar refractivity (Wildman–Crippen MR) is 88.1 cm³/mol. The van der Waals surface area contributed by atoms with E-state index in [2.05, 4.69) is 10.2 Å². The second kappa shape index (κ2) is 5.32. The summed E-state index contributed by atoms with van der Waals surface area (Å²) in [7, 11) is 0. The van der Waals surface area contributed by atoms with Gasteiger partial charge in [0.2, 0.25) is 0 Å². The Morgan fingerprint density at radius 2 is 1.87 bits per heavy atom. The van der Waals surface area contributed by atoms with Crippen LogP contribution < -0.4 is 5.32 Å². The fourth-order valence-corrected chi connectivity index (χ4v) is 6.15. The first-order valence-electron chi connectivity index (χ1n) is 9.75. The van der Waals surface area contributed by atoms with Gasteiger partial charge < -0.3 is 10.1 Å². The number of fused-ring (bicyclic) bond motifs is 2. The van der Waals surface area contributed by atoms with E-state index in [1.54, 1.807) is 0 Å². The maximum absolute atomic E-state index is 11.9. The zero-order valence-corrected chi connectivity index (χ0v) is 13.9. The van der Waals surface area contributed by atoms with Crippen molar-refractivity contribution >= 4 is 5.97 Å². The second-order valence-corrected chi connectivity index (χ2v) is 8.24. The van der Waals surface area contributed by atoms with Crippen LogP contribution in [0.15, 0.2) is 11.6 Å². The van der Waals surface area contributed by atoms with Gasteiger partial charge in [0.25, 0.3) is 0 Å². The van der Waals surface area contributed by atoms with Crippen LogP contribution in [0.3, 0.4) is 0 Å². The van der Waals surface area contributed by atoms with Crippen molar-refractivity contribution in [2.45, 2.75) is 94.0 Å². The normalized spacial score (nSPS) is 43.7. The van der Waals surface area contributed by atoms with Crippen molar-refractivity contribution in [3.63, 3.8) is 0 Å². The van der Waals surface area contributed by atoms with Gasteiger partial charge in [-0.1, -0.05) is 32.1 Å². The number of carbonyl (C=O) groups is 1. The third kappa shape index (κ3) is 2.00. The molecule has 2 saturated heterocycles. The van der Waals surface area contributed by atoms with Crippen LogP contribution in [0.1, 0.15) is 64.2 Å². The SMILES string of the molecule is O=C1C=C2CC(NC3CCCCCC3)C3N4CCCC[C@@H]4[C@@]23O1. The molecule has 23 heavy (non-hydrogen) atoms. The third-order valence-corrected chi connectivity index (χ3v) is 7.03. The van der Waals surface area contributed by atoms with Crippen LogP contribution in [0.2, 0.25) is 0 Å². The van der Waals surface area contributed by atoms with Crippen molar-refractivity contribution in [2.24, 2.45) is 0 Å². The van der Waals surface area contributed by atoms with E-state index in [9.17, 15) is 4.79 Å². The molecular formula is C19H28N2O2. The standard InChI is InChI=1S/C19H28N2O2/c22-17-12-13-11-15(20-14-7-3-1-2-4-8-14)18-19(13,23-17)16-9-5-6-10-21(16)18/h12,14-16,18,20H,1-11H2/t15?,16-,18?,19+/m1/s1. The highest BCUT2D eigenvalue weighted by atomic mass is 16.6. The van der Waals surface area contributed by atoms with E-state index in [0.29, 0.717) is 24.2 Å². The molecule has 0 aromatic heterocycles. The zero-order valence-electron chi connectivity index (χ0n) is 13.9. The van der Waals surface area contributed by atoms with Crippen molar-refractivity contribution < 1.29 is 9.53 Å². The van der Waals surface area contributed by atoms with E-state index >= 15 is 0 Å². The molecule has 126 valence electrons. The number of hydrogen-bond acceptors (Lipinski definition) is 4. The third-order valence-electron chi connectivity index (χ3n) is 7.03. The second-order valence-electron chi connectivity index (χ2n) is 8.24. The Labute approximate surface area is 138 Å². The van der Waals surface area contributed by atoms with E-state index < -0.39 is 0 Å². The average molecular weight is 316 g/mol.